The second kappa shape index (κ2) is 14.5. The summed E-state index contributed by atoms with van der Waals surface area (Å²) in [5, 5.41) is 22.3. The smallest absolute Gasteiger partial charge is 0.858 e. The van der Waals surface area contributed by atoms with Crippen LogP contribution in [0.15, 0.2) is 69.0 Å². The third-order valence-electron chi connectivity index (χ3n) is 5.15. The van der Waals surface area contributed by atoms with Crippen molar-refractivity contribution in [3.8, 4) is 11.6 Å². The van der Waals surface area contributed by atoms with Crippen LogP contribution >= 0.6 is 0 Å². The fourth-order valence-corrected chi connectivity index (χ4v) is 4.31. The Kier molecular flexibility index (Phi) is 14.1. The second-order valence-corrected chi connectivity index (χ2v) is 10.2. The van der Waals surface area contributed by atoms with E-state index in [1.165, 1.54) is 30.3 Å². The van der Waals surface area contributed by atoms with Gasteiger partial charge >= 0.3 is 154 Å². The van der Waals surface area contributed by atoms with Gasteiger partial charge < -0.3 is 14.2 Å². The van der Waals surface area contributed by atoms with Crippen molar-refractivity contribution in [3.05, 3.63) is 65.4 Å². The van der Waals surface area contributed by atoms with E-state index in [2.05, 4.69) is 10.2 Å². The van der Waals surface area contributed by atoms with Gasteiger partial charge in [0.1, 0.15) is 20.2 Å². The first-order chi connectivity index (χ1) is 16.3. The molecule has 1 aromatic heterocycles. The topological polar surface area (TPSA) is 188 Å². The molecule has 0 saturated heterocycles. The minimum absolute atomic E-state index is 0. The zero-order chi connectivity index (χ0) is 25.7. The zero-order valence-electron chi connectivity index (χ0n) is 21.1. The van der Waals surface area contributed by atoms with Crippen LogP contribution in [0.5, 0.6) is 5.88 Å². The molecule has 1 aliphatic rings. The molecule has 0 aliphatic carbocycles. The molecule has 1 amide bonds. The molecule has 38 heavy (non-hydrogen) atoms. The van der Waals surface area contributed by atoms with Crippen LogP contribution < -0.4 is 164 Å². The number of amides is 1. The van der Waals surface area contributed by atoms with Crippen LogP contribution in [0.2, 0.25) is 0 Å². The first-order valence-corrected chi connectivity index (χ1v) is 12.6. The Balaban J connectivity index is 0.00000241. The molecule has 0 radical (unpaired) electrons. The number of benzene rings is 2. The summed E-state index contributed by atoms with van der Waals surface area (Å²) in [6, 6.07) is 9.28. The molecule has 0 spiro atoms. The Morgan fingerprint density at radius 1 is 0.789 bits per heavy atom. The summed E-state index contributed by atoms with van der Waals surface area (Å²) in [4.78, 5) is 12.1. The summed E-state index contributed by atoms with van der Waals surface area (Å²) in [6.45, 7) is 3.10. The predicted octanol–water partition coefficient (Wildman–Crippen LogP) is -8.12. The second-order valence-electron chi connectivity index (χ2n) is 7.47. The molecule has 1 aliphatic heterocycles. The Hall–Kier alpha value is 1.06. The van der Waals surface area contributed by atoms with Crippen molar-refractivity contribution in [2.24, 2.45) is 5.10 Å². The predicted molar refractivity (Wildman–Crippen MR) is 119 cm³/mol. The van der Waals surface area contributed by atoms with Crippen molar-refractivity contribution >= 4 is 43.6 Å². The fraction of sp³-hybridized carbons (Fsp3) is 0.0952. The van der Waals surface area contributed by atoms with E-state index in [9.17, 15) is 35.8 Å². The van der Waals surface area contributed by atoms with Crippen molar-refractivity contribution in [3.63, 3.8) is 0 Å². The van der Waals surface area contributed by atoms with Gasteiger partial charge in [0.25, 0.3) is 5.91 Å². The summed E-state index contributed by atoms with van der Waals surface area (Å²) in [5.74, 6) is -1.17. The average molecular weight is 633 g/mol. The van der Waals surface area contributed by atoms with Crippen molar-refractivity contribution in [2.45, 2.75) is 23.6 Å². The Morgan fingerprint density at radius 2 is 1.24 bits per heavy atom. The van der Waals surface area contributed by atoms with E-state index >= 15 is 0 Å². The molecule has 3 aromatic rings. The number of anilines is 1. The molecule has 0 bridgehead atoms. The van der Waals surface area contributed by atoms with E-state index in [1.807, 2.05) is 0 Å². The minimum Gasteiger partial charge on any atom is -0.858 e. The number of aryl methyl sites for hydroxylation is 1. The van der Waals surface area contributed by atoms with Gasteiger partial charge in [0.2, 0.25) is 0 Å². The van der Waals surface area contributed by atoms with Crippen LogP contribution in [0.25, 0.3) is 11.8 Å². The molecule has 12 nitrogen and oxygen atoms in total. The van der Waals surface area contributed by atoms with E-state index in [4.69, 9.17) is 0 Å². The van der Waals surface area contributed by atoms with Crippen LogP contribution in [-0.2, 0) is 25.0 Å². The van der Waals surface area contributed by atoms with Gasteiger partial charge in [-0.2, -0.15) is 15.2 Å². The Morgan fingerprint density at radius 3 is 1.68 bits per heavy atom. The molecular formula is C21H15K3N4O8S2. The number of hydrazone groups is 1. The molecule has 17 heteroatoms. The molecule has 2 aromatic carbocycles. The number of hydrogen-bond donors (Lipinski definition) is 0. The van der Waals surface area contributed by atoms with Crippen LogP contribution in [0.3, 0.4) is 0 Å². The van der Waals surface area contributed by atoms with E-state index in [0.29, 0.717) is 0 Å². The standard InChI is InChI=1S/C21H18N4O8S2.3K/c1-12-18(20(26)24(22-12)14-3-7-16(8-4-14)34(28,29)30)11-19-13(2)23-25(21(19)27)15-5-9-17(10-6-15)35(31,32)33;;;/h3-11,26H,1-2H3,(H,28,29,30)(H,31,32,33);;;/q;3*+1/p-3. The summed E-state index contributed by atoms with van der Waals surface area (Å²) in [6.07, 6.45) is 1.33. The molecule has 0 saturated carbocycles. The van der Waals surface area contributed by atoms with Gasteiger partial charge in [0.15, 0.2) is 0 Å². The number of carbonyl (C=O) groups is 1. The quantitative estimate of drug-likeness (QED) is 0.150. The van der Waals surface area contributed by atoms with Crippen molar-refractivity contribution in [2.75, 3.05) is 5.01 Å². The summed E-state index contributed by atoms with van der Waals surface area (Å²) >= 11 is 0. The van der Waals surface area contributed by atoms with Gasteiger partial charge in [0.05, 0.1) is 38.1 Å². The number of rotatable bonds is 5. The number of nitrogens with zero attached hydrogens (tertiary/aromatic N) is 4. The Labute approximate surface area is 346 Å². The largest absolute Gasteiger partial charge is 1.00 e. The SMILES string of the molecule is CC1=NN(c2ccc(S(=O)(=O)[O-])cc2)C(=O)C1=Cc1c(C)nn(-c2ccc(S(=O)(=O)[O-])cc2)c1[O-].[K+].[K+].[K+]. The fourth-order valence-electron chi connectivity index (χ4n) is 3.37. The molecule has 182 valence electrons. The summed E-state index contributed by atoms with van der Waals surface area (Å²) in [5.41, 5.74) is 1.19. The van der Waals surface area contributed by atoms with E-state index in [-0.39, 0.29) is 188 Å². The normalized spacial score (nSPS) is 14.4. The molecule has 4 rings (SSSR count). The number of carbonyl (C=O) groups excluding carboxylic acids is 1. The summed E-state index contributed by atoms with van der Waals surface area (Å²) < 4.78 is 67.7. The van der Waals surface area contributed by atoms with Gasteiger partial charge in [0, 0.05) is 5.56 Å². The Bertz CT molecular complexity index is 1630. The first-order valence-electron chi connectivity index (χ1n) is 9.78. The summed E-state index contributed by atoms with van der Waals surface area (Å²) in [7, 11) is -9.30. The first kappa shape index (κ1) is 37.1. The minimum atomic E-state index is -4.65. The molecule has 0 unspecified atom stereocenters. The van der Waals surface area contributed by atoms with Crippen molar-refractivity contribution in [1.82, 2.24) is 9.78 Å². The third-order valence-corrected chi connectivity index (χ3v) is 6.85. The van der Waals surface area contributed by atoms with E-state index in [0.717, 1.165) is 34.0 Å². The molecule has 0 N–H and O–H groups in total. The van der Waals surface area contributed by atoms with Crippen molar-refractivity contribution < 1.29 is 190 Å². The van der Waals surface area contributed by atoms with Crippen LogP contribution in [0.1, 0.15) is 18.2 Å². The van der Waals surface area contributed by atoms with Gasteiger partial charge in [-0.3, -0.25) is 4.79 Å². The van der Waals surface area contributed by atoms with Crippen LogP contribution in [0, 0.1) is 6.92 Å². The maximum absolute atomic E-state index is 13.0. The maximum atomic E-state index is 13.0. The molecule has 2 heterocycles. The third kappa shape index (κ3) is 8.11. The van der Waals surface area contributed by atoms with Crippen molar-refractivity contribution in [1.29, 1.82) is 0 Å². The van der Waals surface area contributed by atoms with Crippen LogP contribution in [0.4, 0.5) is 5.69 Å². The van der Waals surface area contributed by atoms with Gasteiger partial charge in [-0.25, -0.2) is 21.5 Å². The zero-order valence-corrected chi connectivity index (χ0v) is 32.1. The molecule has 0 atom stereocenters. The van der Waals surface area contributed by atoms with E-state index < -0.39 is 41.8 Å². The van der Waals surface area contributed by atoms with Gasteiger partial charge in [-0.05, 0) is 74.3 Å². The number of hydrogen-bond acceptors (Lipinski definition) is 10. The molecule has 0 fully saturated rings. The van der Waals surface area contributed by atoms with Crippen LogP contribution in [-0.4, -0.2) is 47.3 Å². The maximum Gasteiger partial charge on any atom is 1.00 e. The van der Waals surface area contributed by atoms with Gasteiger partial charge in [-0.1, -0.05) is 0 Å². The van der Waals surface area contributed by atoms with E-state index in [1.54, 1.807) is 13.8 Å². The number of aromatic nitrogens is 2. The molecular weight excluding hydrogens is 618 g/mol. The monoisotopic (exact) mass is 632 g/mol. The average Bonchev–Trinajstić information content (AvgIpc) is 3.23. The van der Waals surface area contributed by atoms with Gasteiger partial charge in [-0.15, -0.1) is 0 Å².